The summed E-state index contributed by atoms with van der Waals surface area (Å²) >= 11 is 4.20. The van der Waals surface area contributed by atoms with Crippen LogP contribution < -0.4 is 97.8 Å². The van der Waals surface area contributed by atoms with E-state index in [1.807, 2.05) is 0 Å². The maximum absolute atomic E-state index is 14.4. The SMILES string of the molecule is CCC(C)[C@@H](NC(=O)[C@H](NC(=O)[C@@H](CC(C)C)NC(=O)[C@@H](CO)NC(=O)CNC(=O)[C@H](N)CCCCN)C(C)C)C(=O)N[C@H](CCCN=C(N)N)C(=O)NCC(=O)N[C@@H](C(=O)N[C@@H](C(=O)N[C@@H](C(=O)N[C@@H](C(=O)N[C@H](CS)C(=O)N[C@@H](CCCCN)C(=O)O)C(C)C)C(C)C)C(C)CC)C(C)C. The Morgan fingerprint density at radius 3 is 1.18 bits per heavy atom. The predicted octanol–water partition coefficient (Wildman–Crippen LogP) is -4.04. The highest BCUT2D eigenvalue weighted by atomic mass is 32.1. The molecule has 2 unspecified atom stereocenters. The fourth-order valence-corrected chi connectivity index (χ4v) is 10.4. The fourth-order valence-electron chi connectivity index (χ4n) is 10.1. The molecule has 0 aliphatic heterocycles. The van der Waals surface area contributed by atoms with E-state index in [1.165, 1.54) is 0 Å². The zero-order valence-electron chi connectivity index (χ0n) is 62.1. The summed E-state index contributed by atoms with van der Waals surface area (Å²) < 4.78 is 0. The number of nitrogens with two attached hydrogens (primary N) is 5. The lowest BCUT2D eigenvalue weighted by atomic mass is 9.95. The minimum atomic E-state index is -1.56. The van der Waals surface area contributed by atoms with Crippen molar-refractivity contribution in [3.05, 3.63) is 0 Å². The number of carbonyl (C=O) groups is 14. The summed E-state index contributed by atoms with van der Waals surface area (Å²) in [5, 5.41) is 53.3. The van der Waals surface area contributed by atoms with Gasteiger partial charge in [0.2, 0.25) is 76.8 Å². The zero-order valence-corrected chi connectivity index (χ0v) is 63.0. The molecule has 36 heteroatoms. The standard InChI is InChI=1S/C66H123N19O16S/c1-15-38(13)52(84-62(97)50(36(9)10)81-56(91)43(28-33(3)4)78-57(92)44(31-86)75-46(87)29-73-54(89)40(69)22-17-19-25-67)63(98)76-41(24-21-27-72-66(70)71)55(90)74-30-47(88)80-48(34(5)6)60(95)85-53(39(14)16-2)64(99)83-51(37(11)12)61(96)82-49(35(7)8)59(94)79-45(32-102)58(93)77-42(65(100)101)23-18-20-26-68/h33-45,48-53,86,102H,15-32,67-69H2,1-14H3,(H,73,89)(H,74,90)(H,75,87)(H,76,98)(H,77,93)(H,78,92)(H,79,94)(H,80,88)(H,81,91)(H,82,96)(H,83,99)(H,84,97)(H,85,95)(H,100,101)(H4,70,71,72)/t38?,39?,40-,41-,42+,43-,44-,45-,48-,49-,50-,51-,52-,53-/m1/s1. The number of nitrogens with zero attached hydrogens (tertiary/aromatic N) is 1. The maximum atomic E-state index is 14.4. The van der Waals surface area contributed by atoms with E-state index in [4.69, 9.17) is 28.7 Å². The van der Waals surface area contributed by atoms with Crippen LogP contribution in [0.1, 0.15) is 168 Å². The van der Waals surface area contributed by atoms with Crippen LogP contribution in [0.2, 0.25) is 0 Å². The quantitative estimate of drug-likeness (QED) is 0.0119. The molecule has 0 aromatic rings. The van der Waals surface area contributed by atoms with Crippen LogP contribution in [0.5, 0.6) is 0 Å². The van der Waals surface area contributed by atoms with Crippen molar-refractivity contribution in [2.24, 2.45) is 75.1 Å². The van der Waals surface area contributed by atoms with E-state index in [-0.39, 0.29) is 49.9 Å². The van der Waals surface area contributed by atoms with Crippen molar-refractivity contribution in [1.29, 1.82) is 0 Å². The Bertz CT molecular complexity index is 2760. The monoisotopic (exact) mass is 1470 g/mol. The van der Waals surface area contributed by atoms with Crippen molar-refractivity contribution in [2.45, 2.75) is 240 Å². The van der Waals surface area contributed by atoms with Gasteiger partial charge in [-0.05, 0) is 106 Å². The third-order valence-electron chi connectivity index (χ3n) is 16.9. The van der Waals surface area contributed by atoms with Gasteiger partial charge in [-0.3, -0.25) is 67.3 Å². The second-order valence-electron chi connectivity index (χ2n) is 27.5. The number of carboxylic acid groups (broad SMARTS) is 1. The van der Waals surface area contributed by atoms with Gasteiger partial charge >= 0.3 is 5.97 Å². The van der Waals surface area contributed by atoms with Gasteiger partial charge < -0.3 is 108 Å². The highest BCUT2D eigenvalue weighted by molar-refractivity contribution is 7.80. The van der Waals surface area contributed by atoms with Gasteiger partial charge in [-0.15, -0.1) is 0 Å². The molecule has 0 aliphatic rings. The first-order chi connectivity index (χ1) is 47.8. The first kappa shape index (κ1) is 94.0. The molecule has 102 heavy (non-hydrogen) atoms. The van der Waals surface area contributed by atoms with Gasteiger partial charge in [0.25, 0.3) is 0 Å². The van der Waals surface area contributed by atoms with Gasteiger partial charge in [-0.1, -0.05) is 116 Å². The number of hydrogen-bond acceptors (Lipinski definition) is 20. The van der Waals surface area contributed by atoms with Crippen LogP contribution in [0, 0.1) is 41.4 Å². The number of guanidine groups is 1. The lowest BCUT2D eigenvalue weighted by molar-refractivity contribution is -0.142. The summed E-state index contributed by atoms with van der Waals surface area (Å²) in [5.74, 6) is -16.0. The van der Waals surface area contributed by atoms with E-state index >= 15 is 0 Å². The van der Waals surface area contributed by atoms with E-state index in [9.17, 15) is 77.3 Å². The van der Waals surface area contributed by atoms with Gasteiger partial charge in [0, 0.05) is 12.3 Å². The first-order valence-electron chi connectivity index (χ1n) is 35.3. The Morgan fingerprint density at radius 2 is 0.755 bits per heavy atom. The number of unbranched alkanes of at least 4 members (excludes halogenated alkanes) is 2. The van der Waals surface area contributed by atoms with Crippen LogP contribution in [0.25, 0.3) is 0 Å². The van der Waals surface area contributed by atoms with Crippen molar-refractivity contribution in [3.8, 4) is 0 Å². The average molecular weight is 1470 g/mol. The van der Waals surface area contributed by atoms with Crippen molar-refractivity contribution >= 4 is 101 Å². The van der Waals surface area contributed by atoms with Crippen molar-refractivity contribution in [2.75, 3.05) is 45.1 Å². The largest absolute Gasteiger partial charge is 0.480 e. The third-order valence-corrected chi connectivity index (χ3v) is 17.2. The number of nitrogens with one attached hydrogen (secondary N) is 13. The summed E-state index contributed by atoms with van der Waals surface area (Å²) in [7, 11) is 0. The number of carboxylic acids is 1. The molecule has 0 saturated carbocycles. The van der Waals surface area contributed by atoms with Crippen LogP contribution >= 0.6 is 12.6 Å². The number of amides is 13. The fraction of sp³-hybridized carbons (Fsp3) is 0.773. The van der Waals surface area contributed by atoms with Crippen molar-refractivity contribution < 1.29 is 77.3 Å². The molecule has 25 N–H and O–H groups in total. The normalized spacial score (nSPS) is 15.5. The van der Waals surface area contributed by atoms with Gasteiger partial charge in [0.15, 0.2) is 5.96 Å². The number of carbonyl (C=O) groups excluding carboxylic acids is 13. The van der Waals surface area contributed by atoms with E-state index in [0.717, 1.165) is 0 Å². The van der Waals surface area contributed by atoms with Crippen molar-refractivity contribution in [1.82, 2.24) is 69.1 Å². The lowest BCUT2D eigenvalue weighted by Gasteiger charge is -2.31. The predicted molar refractivity (Wildman–Crippen MR) is 387 cm³/mol. The summed E-state index contributed by atoms with van der Waals surface area (Å²) in [6.07, 6.45) is 3.36. The second kappa shape index (κ2) is 49.6. The molecule has 0 radical (unpaired) electrons. The van der Waals surface area contributed by atoms with Crippen LogP contribution in [0.15, 0.2) is 4.99 Å². The number of hydrogen-bond donors (Lipinski definition) is 21. The summed E-state index contributed by atoms with van der Waals surface area (Å²) in [5.41, 5.74) is 28.0. The number of aliphatic hydroxyl groups excluding tert-OH is 1. The highest BCUT2D eigenvalue weighted by Gasteiger charge is 2.39. The van der Waals surface area contributed by atoms with E-state index in [1.54, 1.807) is 96.9 Å². The van der Waals surface area contributed by atoms with Crippen LogP contribution in [0.3, 0.4) is 0 Å². The number of thiol groups is 1. The van der Waals surface area contributed by atoms with Crippen LogP contribution in [0.4, 0.5) is 0 Å². The number of rotatable bonds is 51. The molecule has 0 rings (SSSR count). The molecule has 0 saturated heterocycles. The molecule has 35 nitrogen and oxygen atoms in total. The van der Waals surface area contributed by atoms with E-state index < -0.39 is 210 Å². The van der Waals surface area contributed by atoms with Gasteiger partial charge in [0.1, 0.15) is 66.5 Å². The third kappa shape index (κ3) is 35.3. The molecule has 0 heterocycles. The Kier molecular flexibility index (Phi) is 45.7. The molecule has 584 valence electrons. The minimum absolute atomic E-state index is 0.0175. The molecular weight excluding hydrogens is 1350 g/mol. The Morgan fingerprint density at radius 1 is 0.402 bits per heavy atom. The van der Waals surface area contributed by atoms with Gasteiger partial charge in [-0.2, -0.15) is 12.6 Å². The highest BCUT2D eigenvalue weighted by Crippen LogP contribution is 2.16. The second-order valence-corrected chi connectivity index (χ2v) is 27.8. The Hall–Kier alpha value is -7.96. The average Bonchev–Trinajstić information content (AvgIpc) is 0.848. The number of aliphatic hydroxyl groups is 1. The molecule has 0 aromatic carbocycles. The summed E-state index contributed by atoms with van der Waals surface area (Å²) in [4.78, 5) is 195. The maximum Gasteiger partial charge on any atom is 0.326 e. The first-order valence-corrected chi connectivity index (χ1v) is 35.9. The van der Waals surface area contributed by atoms with Crippen LogP contribution in [-0.4, -0.2) is 217 Å². The number of aliphatic imine (C=N–C) groups is 1. The van der Waals surface area contributed by atoms with Gasteiger partial charge in [-0.25, -0.2) is 4.79 Å². The summed E-state index contributed by atoms with van der Waals surface area (Å²) in [6.45, 7) is 22.0. The molecule has 14 atom stereocenters. The summed E-state index contributed by atoms with van der Waals surface area (Å²) in [6, 6.07) is -15.5. The Labute approximate surface area is 605 Å². The molecule has 0 spiro atoms. The van der Waals surface area contributed by atoms with Crippen LogP contribution in [-0.2, 0) is 67.1 Å². The molecule has 0 bridgehead atoms. The topological polar surface area (TPSA) is 578 Å². The molecule has 13 amide bonds. The molecule has 0 aliphatic carbocycles. The van der Waals surface area contributed by atoms with Gasteiger partial charge in [0.05, 0.1) is 25.7 Å². The molecular formula is C66H123N19O16S. The number of aliphatic carboxylic acids is 1. The zero-order chi connectivity index (χ0) is 78.3. The van der Waals surface area contributed by atoms with E-state index in [0.29, 0.717) is 58.0 Å². The van der Waals surface area contributed by atoms with E-state index in [2.05, 4.69) is 86.7 Å². The molecule has 0 fully saturated rings. The smallest absolute Gasteiger partial charge is 0.326 e. The minimum Gasteiger partial charge on any atom is -0.480 e. The molecule has 0 aromatic heterocycles. The Balaban J connectivity index is 6.55. The lowest BCUT2D eigenvalue weighted by Crippen LogP contribution is -2.62. The van der Waals surface area contributed by atoms with Crippen molar-refractivity contribution in [3.63, 3.8) is 0 Å².